The predicted molar refractivity (Wildman–Crippen MR) is 68.5 cm³/mol. The van der Waals surface area contributed by atoms with E-state index in [2.05, 4.69) is 10.1 Å². The fraction of sp³-hybridized carbons (Fsp3) is 0.182. The van der Waals surface area contributed by atoms with Gasteiger partial charge in [-0.2, -0.15) is 10.1 Å². The summed E-state index contributed by atoms with van der Waals surface area (Å²) in [7, 11) is 0. The Morgan fingerprint density at radius 3 is 2.45 bits per heavy atom. The SMILES string of the molecule is CSc1nc(=O)c(Cl)nn1Cc1cc(F)c(F)c(F)c1. The summed E-state index contributed by atoms with van der Waals surface area (Å²) in [5, 5.41) is 3.64. The van der Waals surface area contributed by atoms with E-state index in [4.69, 9.17) is 11.6 Å². The molecule has 0 aliphatic carbocycles. The van der Waals surface area contributed by atoms with Crippen LogP contribution in [0.5, 0.6) is 0 Å². The molecule has 0 bridgehead atoms. The van der Waals surface area contributed by atoms with Gasteiger partial charge >= 0.3 is 5.56 Å². The zero-order valence-corrected chi connectivity index (χ0v) is 11.6. The first-order valence-corrected chi connectivity index (χ1v) is 6.84. The Morgan fingerprint density at radius 2 is 1.90 bits per heavy atom. The van der Waals surface area contributed by atoms with E-state index in [1.165, 1.54) is 4.68 Å². The first-order valence-electron chi connectivity index (χ1n) is 5.24. The van der Waals surface area contributed by atoms with Crippen molar-refractivity contribution < 1.29 is 13.2 Å². The number of rotatable bonds is 3. The van der Waals surface area contributed by atoms with E-state index >= 15 is 0 Å². The van der Waals surface area contributed by atoms with E-state index < -0.39 is 23.0 Å². The Balaban J connectivity index is 2.44. The van der Waals surface area contributed by atoms with E-state index in [0.29, 0.717) is 0 Å². The van der Waals surface area contributed by atoms with Crippen LogP contribution in [0.1, 0.15) is 5.56 Å². The number of thioether (sulfide) groups is 1. The maximum atomic E-state index is 13.1. The van der Waals surface area contributed by atoms with Crippen molar-refractivity contribution in [1.82, 2.24) is 14.8 Å². The third-order valence-electron chi connectivity index (χ3n) is 2.36. The molecule has 1 aromatic heterocycles. The monoisotopic (exact) mass is 321 g/mol. The Bertz CT molecular complexity index is 700. The maximum Gasteiger partial charge on any atom is 0.311 e. The lowest BCUT2D eigenvalue weighted by atomic mass is 10.2. The quantitative estimate of drug-likeness (QED) is 0.643. The molecule has 106 valence electrons. The van der Waals surface area contributed by atoms with E-state index in [9.17, 15) is 18.0 Å². The number of hydrogen-bond acceptors (Lipinski definition) is 4. The van der Waals surface area contributed by atoms with Crippen LogP contribution in [0.3, 0.4) is 0 Å². The summed E-state index contributed by atoms with van der Waals surface area (Å²) >= 11 is 6.69. The van der Waals surface area contributed by atoms with Crippen LogP contribution in [-0.2, 0) is 6.54 Å². The van der Waals surface area contributed by atoms with Crippen molar-refractivity contribution in [1.29, 1.82) is 0 Å². The molecule has 2 aromatic rings. The number of halogens is 4. The van der Waals surface area contributed by atoms with Crippen LogP contribution in [0.4, 0.5) is 13.2 Å². The second-order valence-electron chi connectivity index (χ2n) is 3.73. The molecule has 0 saturated heterocycles. The minimum absolute atomic E-state index is 0.0999. The predicted octanol–water partition coefficient (Wildman–Crippen LogP) is 2.48. The molecular weight excluding hydrogens is 315 g/mol. The highest BCUT2D eigenvalue weighted by Gasteiger charge is 2.13. The third-order valence-corrected chi connectivity index (χ3v) is 3.27. The average Bonchev–Trinajstić information content (AvgIpc) is 2.40. The minimum atomic E-state index is -1.54. The fourth-order valence-corrected chi connectivity index (χ4v) is 2.13. The number of nitrogens with zero attached hydrogens (tertiary/aromatic N) is 3. The molecule has 0 unspecified atom stereocenters. The van der Waals surface area contributed by atoms with Gasteiger partial charge in [0.25, 0.3) is 0 Å². The second kappa shape index (κ2) is 5.84. The second-order valence-corrected chi connectivity index (χ2v) is 4.86. The van der Waals surface area contributed by atoms with Gasteiger partial charge in [0.15, 0.2) is 22.6 Å². The maximum absolute atomic E-state index is 13.1. The highest BCUT2D eigenvalue weighted by Crippen LogP contribution is 2.16. The molecule has 0 radical (unpaired) electrons. The summed E-state index contributed by atoms with van der Waals surface area (Å²) in [6.07, 6.45) is 1.65. The third kappa shape index (κ3) is 2.96. The molecular formula is C11H7ClF3N3OS. The lowest BCUT2D eigenvalue weighted by molar-refractivity contribution is 0.443. The Kier molecular flexibility index (Phi) is 4.34. The minimum Gasteiger partial charge on any atom is -0.264 e. The van der Waals surface area contributed by atoms with Crippen LogP contribution in [0.25, 0.3) is 0 Å². The van der Waals surface area contributed by atoms with Crippen LogP contribution in [-0.4, -0.2) is 21.0 Å². The van der Waals surface area contributed by atoms with Gasteiger partial charge in [0, 0.05) is 0 Å². The Morgan fingerprint density at radius 1 is 1.30 bits per heavy atom. The molecule has 9 heteroatoms. The van der Waals surface area contributed by atoms with E-state index in [-0.39, 0.29) is 22.4 Å². The smallest absolute Gasteiger partial charge is 0.264 e. The molecule has 0 spiro atoms. The summed E-state index contributed by atoms with van der Waals surface area (Å²) < 4.78 is 40.3. The number of aromatic nitrogens is 3. The van der Waals surface area contributed by atoms with Gasteiger partial charge in [0.2, 0.25) is 5.15 Å². The van der Waals surface area contributed by atoms with E-state index in [1.807, 2.05) is 0 Å². The molecule has 0 fully saturated rings. The van der Waals surface area contributed by atoms with Gasteiger partial charge < -0.3 is 0 Å². The largest absolute Gasteiger partial charge is 0.311 e. The fourth-order valence-electron chi connectivity index (χ4n) is 1.51. The molecule has 20 heavy (non-hydrogen) atoms. The molecule has 0 aliphatic rings. The van der Waals surface area contributed by atoms with Crippen molar-refractivity contribution in [2.75, 3.05) is 6.26 Å². The van der Waals surface area contributed by atoms with Gasteiger partial charge in [0.05, 0.1) is 6.54 Å². The number of benzene rings is 1. The van der Waals surface area contributed by atoms with Crippen LogP contribution < -0.4 is 5.56 Å². The molecule has 0 aliphatic heterocycles. The summed E-state index contributed by atoms with van der Waals surface area (Å²) in [4.78, 5) is 14.9. The van der Waals surface area contributed by atoms with Gasteiger partial charge in [-0.15, -0.1) is 0 Å². The van der Waals surface area contributed by atoms with Crippen molar-refractivity contribution in [3.63, 3.8) is 0 Å². The Labute approximate surface area is 120 Å². The molecule has 0 N–H and O–H groups in total. The van der Waals surface area contributed by atoms with Crippen molar-refractivity contribution in [2.24, 2.45) is 0 Å². The van der Waals surface area contributed by atoms with Crippen molar-refractivity contribution in [3.8, 4) is 0 Å². The van der Waals surface area contributed by atoms with Gasteiger partial charge in [-0.3, -0.25) is 4.79 Å². The van der Waals surface area contributed by atoms with Gasteiger partial charge in [0.1, 0.15) is 0 Å². The van der Waals surface area contributed by atoms with Crippen molar-refractivity contribution in [3.05, 3.63) is 50.7 Å². The topological polar surface area (TPSA) is 47.8 Å². The summed E-state index contributed by atoms with van der Waals surface area (Å²) in [6, 6.07) is 1.69. The zero-order chi connectivity index (χ0) is 14.9. The van der Waals surface area contributed by atoms with Crippen LogP contribution >= 0.6 is 23.4 Å². The first kappa shape index (κ1) is 14.9. The molecule has 0 atom stereocenters. The molecule has 2 rings (SSSR count). The standard InChI is InChI=1S/C11H7ClF3N3OS/c1-20-11-16-10(19)9(12)17-18(11)4-5-2-6(13)8(15)7(14)3-5/h2-3H,4H2,1H3. The van der Waals surface area contributed by atoms with Gasteiger partial charge in [-0.25, -0.2) is 17.9 Å². The Hall–Kier alpha value is -1.54. The summed E-state index contributed by atoms with van der Waals surface area (Å²) in [5.41, 5.74) is -0.561. The van der Waals surface area contributed by atoms with Crippen LogP contribution in [0.15, 0.2) is 22.1 Å². The molecule has 0 saturated carbocycles. The average molecular weight is 322 g/mol. The van der Waals surface area contributed by atoms with E-state index in [0.717, 1.165) is 23.9 Å². The summed E-state index contributed by atoms with van der Waals surface area (Å²) in [5.74, 6) is -4.14. The normalized spacial score (nSPS) is 10.8. The molecule has 0 amide bonds. The molecule has 1 heterocycles. The van der Waals surface area contributed by atoms with Crippen LogP contribution in [0, 0.1) is 17.5 Å². The van der Waals surface area contributed by atoms with Crippen LogP contribution in [0.2, 0.25) is 5.15 Å². The van der Waals surface area contributed by atoms with E-state index in [1.54, 1.807) is 6.26 Å². The summed E-state index contributed by atoms with van der Waals surface area (Å²) in [6.45, 7) is -0.0999. The van der Waals surface area contributed by atoms with Crippen molar-refractivity contribution >= 4 is 23.4 Å². The highest BCUT2D eigenvalue weighted by atomic mass is 35.5. The lowest BCUT2D eigenvalue weighted by Gasteiger charge is -2.10. The lowest BCUT2D eigenvalue weighted by Crippen LogP contribution is -2.19. The first-order chi connectivity index (χ1) is 9.42. The highest BCUT2D eigenvalue weighted by molar-refractivity contribution is 7.98. The molecule has 1 aromatic carbocycles. The number of hydrogen-bond donors (Lipinski definition) is 0. The van der Waals surface area contributed by atoms with Gasteiger partial charge in [-0.1, -0.05) is 23.4 Å². The van der Waals surface area contributed by atoms with Crippen molar-refractivity contribution in [2.45, 2.75) is 11.7 Å². The molecule has 4 nitrogen and oxygen atoms in total. The zero-order valence-electron chi connectivity index (χ0n) is 10.0. The van der Waals surface area contributed by atoms with Gasteiger partial charge in [-0.05, 0) is 24.0 Å².